The third-order valence-corrected chi connectivity index (χ3v) is 5.77. The van der Waals surface area contributed by atoms with Gasteiger partial charge in [-0.15, -0.1) is 0 Å². The minimum absolute atomic E-state index is 0.283. The van der Waals surface area contributed by atoms with Gasteiger partial charge in [0.05, 0.1) is 19.4 Å². The highest BCUT2D eigenvalue weighted by molar-refractivity contribution is 5.60. The van der Waals surface area contributed by atoms with Gasteiger partial charge in [-0.2, -0.15) is 5.10 Å². The molecule has 24 heavy (non-hydrogen) atoms. The van der Waals surface area contributed by atoms with Gasteiger partial charge in [0.25, 0.3) is 0 Å². The lowest BCUT2D eigenvalue weighted by Gasteiger charge is -2.49. The normalized spacial score (nSPS) is 29.0. The number of hydrogen-bond acceptors (Lipinski definition) is 4. The molecule has 0 saturated carbocycles. The molecule has 128 valence electrons. The number of fused-ring (bicyclic) bond motifs is 3. The van der Waals surface area contributed by atoms with Crippen LogP contribution in [0, 0.1) is 5.92 Å². The molecule has 3 saturated heterocycles. The molecule has 4 heterocycles. The maximum atomic E-state index is 9.55. The van der Waals surface area contributed by atoms with E-state index in [0.717, 1.165) is 36.5 Å². The fourth-order valence-corrected chi connectivity index (χ4v) is 4.39. The Kier molecular flexibility index (Phi) is 4.06. The van der Waals surface area contributed by atoms with Crippen molar-refractivity contribution in [3.8, 4) is 17.0 Å². The van der Waals surface area contributed by atoms with E-state index in [-0.39, 0.29) is 6.61 Å². The van der Waals surface area contributed by atoms with E-state index in [1.165, 1.54) is 12.1 Å². The zero-order valence-corrected chi connectivity index (χ0v) is 14.4. The van der Waals surface area contributed by atoms with Gasteiger partial charge in [-0.05, 0) is 55.6 Å². The van der Waals surface area contributed by atoms with Gasteiger partial charge in [0, 0.05) is 36.8 Å². The summed E-state index contributed by atoms with van der Waals surface area (Å²) in [6.07, 6.45) is 2.33. The van der Waals surface area contributed by atoms with Gasteiger partial charge >= 0.3 is 0 Å². The number of aliphatic hydroxyl groups is 1. The summed E-state index contributed by atoms with van der Waals surface area (Å²) < 4.78 is 7.27. The van der Waals surface area contributed by atoms with Crippen molar-refractivity contribution in [3.05, 3.63) is 36.0 Å². The number of piperidine rings is 3. The predicted octanol–water partition coefficient (Wildman–Crippen LogP) is 2.27. The second-order valence-corrected chi connectivity index (χ2v) is 7.03. The lowest BCUT2D eigenvalue weighted by atomic mass is 9.74. The highest BCUT2D eigenvalue weighted by Crippen LogP contribution is 2.42. The van der Waals surface area contributed by atoms with E-state index >= 15 is 0 Å². The summed E-state index contributed by atoms with van der Waals surface area (Å²) in [6.45, 7) is 2.44. The number of methoxy groups -OCH3 is 1. The van der Waals surface area contributed by atoms with Gasteiger partial charge in [-0.25, -0.2) is 0 Å². The Morgan fingerprint density at radius 2 is 2.08 bits per heavy atom. The molecule has 0 amide bonds. The lowest BCUT2D eigenvalue weighted by Crippen LogP contribution is -2.53. The number of aryl methyl sites for hydroxylation is 1. The quantitative estimate of drug-likeness (QED) is 0.936. The molecule has 5 heteroatoms. The third kappa shape index (κ3) is 2.62. The van der Waals surface area contributed by atoms with Gasteiger partial charge < -0.3 is 9.84 Å². The van der Waals surface area contributed by atoms with Crippen molar-refractivity contribution in [1.29, 1.82) is 0 Å². The molecule has 3 fully saturated rings. The van der Waals surface area contributed by atoms with Crippen LogP contribution >= 0.6 is 0 Å². The Hall–Kier alpha value is -1.85. The Morgan fingerprint density at radius 3 is 2.71 bits per heavy atom. The van der Waals surface area contributed by atoms with E-state index in [1.54, 1.807) is 7.11 Å². The number of aromatic nitrogens is 2. The van der Waals surface area contributed by atoms with Gasteiger partial charge in [0.15, 0.2) is 0 Å². The summed E-state index contributed by atoms with van der Waals surface area (Å²) in [6, 6.07) is 10.7. The number of ether oxygens (including phenoxy) is 1. The molecule has 1 aromatic heterocycles. The second kappa shape index (κ2) is 6.22. The molecule has 0 radical (unpaired) electrons. The fraction of sp³-hybridized carbons (Fsp3) is 0.526. The van der Waals surface area contributed by atoms with Crippen molar-refractivity contribution in [2.24, 2.45) is 13.0 Å². The summed E-state index contributed by atoms with van der Waals surface area (Å²) in [5.74, 6) is 2.04. The van der Waals surface area contributed by atoms with Crippen molar-refractivity contribution >= 4 is 0 Å². The molecule has 2 bridgehead atoms. The smallest absolute Gasteiger partial charge is 0.118 e. The van der Waals surface area contributed by atoms with Crippen LogP contribution in [0.2, 0.25) is 0 Å². The maximum Gasteiger partial charge on any atom is 0.118 e. The molecule has 4 atom stereocenters. The highest BCUT2D eigenvalue weighted by atomic mass is 16.5. The largest absolute Gasteiger partial charge is 0.497 e. The first-order valence-electron chi connectivity index (χ1n) is 8.73. The van der Waals surface area contributed by atoms with Crippen LogP contribution in [-0.2, 0) is 7.05 Å². The summed E-state index contributed by atoms with van der Waals surface area (Å²) >= 11 is 0. The van der Waals surface area contributed by atoms with Gasteiger partial charge in [-0.3, -0.25) is 9.58 Å². The van der Waals surface area contributed by atoms with E-state index in [0.29, 0.717) is 17.9 Å². The van der Waals surface area contributed by atoms with E-state index in [9.17, 15) is 5.11 Å². The first-order valence-corrected chi connectivity index (χ1v) is 8.73. The zero-order chi connectivity index (χ0) is 16.7. The minimum atomic E-state index is 0.283. The average molecular weight is 327 g/mol. The number of hydrogen-bond donors (Lipinski definition) is 1. The van der Waals surface area contributed by atoms with E-state index in [1.807, 2.05) is 23.9 Å². The van der Waals surface area contributed by atoms with Crippen molar-refractivity contribution in [2.75, 3.05) is 26.8 Å². The molecule has 0 aliphatic carbocycles. The summed E-state index contributed by atoms with van der Waals surface area (Å²) in [4.78, 5) is 2.45. The van der Waals surface area contributed by atoms with E-state index < -0.39 is 0 Å². The first-order chi connectivity index (χ1) is 11.7. The molecule has 5 nitrogen and oxygen atoms in total. The van der Waals surface area contributed by atoms with Crippen molar-refractivity contribution in [1.82, 2.24) is 14.7 Å². The van der Waals surface area contributed by atoms with Crippen molar-refractivity contribution < 1.29 is 9.84 Å². The Morgan fingerprint density at radius 1 is 1.29 bits per heavy atom. The number of rotatable bonds is 4. The summed E-state index contributed by atoms with van der Waals surface area (Å²) in [7, 11) is 3.73. The Bertz CT molecular complexity index is 710. The summed E-state index contributed by atoms with van der Waals surface area (Å²) in [5.41, 5.74) is 3.45. The van der Waals surface area contributed by atoms with Crippen LogP contribution in [0.5, 0.6) is 5.75 Å². The first kappa shape index (κ1) is 15.7. The molecule has 0 spiro atoms. The molecule has 2 aromatic rings. The molecule has 1 unspecified atom stereocenters. The molecule has 1 aromatic carbocycles. The minimum Gasteiger partial charge on any atom is -0.497 e. The standard InChI is InChI=1S/C19H25N3O2/c1-21-19(17-11-22-8-7-14(17)9-15(22)12-23)10-18(20-21)13-3-5-16(24-2)6-4-13/h3-6,10,14-15,17,23H,7-9,11-12H2,1-2H3/t14-,15+,17+/m0/s1. The van der Waals surface area contributed by atoms with Crippen LogP contribution in [0.3, 0.4) is 0 Å². The SMILES string of the molecule is COc1ccc(-c2cc([C@@H]3CN4CC[C@H]3C[C@@H]4CO)n(C)n2)cc1. The van der Waals surface area contributed by atoms with Gasteiger partial charge in [0.2, 0.25) is 0 Å². The van der Waals surface area contributed by atoms with Crippen LogP contribution in [0.1, 0.15) is 24.5 Å². The second-order valence-electron chi connectivity index (χ2n) is 7.03. The highest BCUT2D eigenvalue weighted by Gasteiger charge is 2.41. The van der Waals surface area contributed by atoms with Gasteiger partial charge in [-0.1, -0.05) is 0 Å². The van der Waals surface area contributed by atoms with Gasteiger partial charge in [0.1, 0.15) is 5.75 Å². The van der Waals surface area contributed by atoms with Crippen molar-refractivity contribution in [3.63, 3.8) is 0 Å². The summed E-state index contributed by atoms with van der Waals surface area (Å²) in [5, 5.41) is 14.3. The molecule has 1 N–H and O–H groups in total. The number of benzene rings is 1. The molecular weight excluding hydrogens is 302 g/mol. The van der Waals surface area contributed by atoms with Crippen LogP contribution < -0.4 is 4.74 Å². The Balaban J connectivity index is 1.60. The molecule has 3 aliphatic rings. The lowest BCUT2D eigenvalue weighted by molar-refractivity contribution is 0.00105. The number of aliphatic hydroxyl groups excluding tert-OH is 1. The predicted molar refractivity (Wildman–Crippen MR) is 93.1 cm³/mol. The van der Waals surface area contributed by atoms with Crippen LogP contribution in [0.15, 0.2) is 30.3 Å². The van der Waals surface area contributed by atoms with Crippen LogP contribution in [-0.4, -0.2) is 52.6 Å². The molecule has 5 rings (SSSR count). The fourth-order valence-electron chi connectivity index (χ4n) is 4.39. The van der Waals surface area contributed by atoms with Crippen LogP contribution in [0.4, 0.5) is 0 Å². The molecular formula is C19H25N3O2. The van der Waals surface area contributed by atoms with E-state index in [2.05, 4.69) is 23.1 Å². The maximum absolute atomic E-state index is 9.55. The Labute approximate surface area is 142 Å². The zero-order valence-electron chi connectivity index (χ0n) is 14.4. The van der Waals surface area contributed by atoms with E-state index in [4.69, 9.17) is 9.84 Å². The molecule has 3 aliphatic heterocycles. The monoisotopic (exact) mass is 327 g/mol. The average Bonchev–Trinajstić information content (AvgIpc) is 3.03. The third-order valence-electron chi connectivity index (χ3n) is 5.77. The topological polar surface area (TPSA) is 50.5 Å². The van der Waals surface area contributed by atoms with Crippen molar-refractivity contribution in [2.45, 2.75) is 24.8 Å². The number of nitrogens with zero attached hydrogens (tertiary/aromatic N) is 3. The van der Waals surface area contributed by atoms with Crippen LogP contribution in [0.25, 0.3) is 11.3 Å².